The number of nitrogens with zero attached hydrogens (tertiary/aromatic N) is 2. The summed E-state index contributed by atoms with van der Waals surface area (Å²) in [5.74, 6) is 0.900. The number of rotatable bonds is 2. The van der Waals surface area contributed by atoms with Crippen LogP contribution in [-0.4, -0.2) is 9.55 Å². The fourth-order valence-electron chi connectivity index (χ4n) is 1.79. The van der Waals surface area contributed by atoms with Gasteiger partial charge < -0.3 is 0 Å². The molecule has 0 amide bonds. The third kappa shape index (κ3) is 2.28. The van der Waals surface area contributed by atoms with Crippen LogP contribution in [-0.2, 0) is 0 Å². The minimum Gasteiger partial charge on any atom is -0.269 e. The van der Waals surface area contributed by atoms with Crippen LogP contribution < -0.4 is 5.56 Å². The van der Waals surface area contributed by atoms with E-state index in [2.05, 4.69) is 4.98 Å². The van der Waals surface area contributed by atoms with Gasteiger partial charge in [0.2, 0.25) is 0 Å². The van der Waals surface area contributed by atoms with Crippen LogP contribution in [0.4, 0.5) is 0 Å². The Hall–Kier alpha value is -1.90. The van der Waals surface area contributed by atoms with E-state index in [9.17, 15) is 4.79 Å². The first-order valence-electron chi connectivity index (χ1n) is 5.75. The molecule has 0 aromatic carbocycles. The van der Waals surface area contributed by atoms with E-state index in [0.29, 0.717) is 5.82 Å². The van der Waals surface area contributed by atoms with Gasteiger partial charge in [0.25, 0.3) is 5.56 Å². The van der Waals surface area contributed by atoms with Gasteiger partial charge in [-0.3, -0.25) is 9.36 Å². The van der Waals surface area contributed by atoms with Gasteiger partial charge in [-0.1, -0.05) is 26.0 Å². The zero-order valence-electron chi connectivity index (χ0n) is 10.3. The molecule has 0 N–H and O–H groups in total. The molecule has 0 aliphatic carbocycles. The lowest BCUT2D eigenvalue weighted by atomic mass is 10.1. The van der Waals surface area contributed by atoms with E-state index in [0.717, 1.165) is 11.3 Å². The molecule has 88 valence electrons. The molecule has 17 heavy (non-hydrogen) atoms. The maximum atomic E-state index is 12.2. The first kappa shape index (κ1) is 11.6. The second kappa shape index (κ2) is 4.53. The Labute approximate surface area is 101 Å². The van der Waals surface area contributed by atoms with Crippen LogP contribution in [0.5, 0.6) is 0 Å². The average molecular weight is 228 g/mol. The van der Waals surface area contributed by atoms with Gasteiger partial charge in [-0.05, 0) is 31.0 Å². The highest BCUT2D eigenvalue weighted by Gasteiger charge is 2.08. The molecule has 0 bridgehead atoms. The molecule has 2 aromatic heterocycles. The molecule has 2 heterocycles. The lowest BCUT2D eigenvalue weighted by Crippen LogP contribution is -2.23. The maximum absolute atomic E-state index is 12.2. The van der Waals surface area contributed by atoms with Gasteiger partial charge in [0.15, 0.2) is 0 Å². The van der Waals surface area contributed by atoms with Crippen LogP contribution in [0.1, 0.15) is 31.0 Å². The molecule has 0 aliphatic rings. The molecule has 0 aliphatic heterocycles. The summed E-state index contributed by atoms with van der Waals surface area (Å²) >= 11 is 0. The number of aromatic nitrogens is 2. The molecule has 0 unspecified atom stereocenters. The topological polar surface area (TPSA) is 34.9 Å². The first-order valence-corrected chi connectivity index (χ1v) is 5.75. The van der Waals surface area contributed by atoms with Crippen molar-refractivity contribution in [2.75, 3.05) is 0 Å². The molecule has 3 heteroatoms. The van der Waals surface area contributed by atoms with Crippen molar-refractivity contribution < 1.29 is 0 Å². The predicted octanol–water partition coefficient (Wildman–Crippen LogP) is 2.66. The Balaban J connectivity index is 2.61. The number of aryl methyl sites for hydroxylation is 1. The van der Waals surface area contributed by atoms with Gasteiger partial charge in [0, 0.05) is 17.5 Å². The third-order valence-corrected chi connectivity index (χ3v) is 2.72. The SMILES string of the molecule is Cc1cccc(-n2cccc(C(C)C)c2=O)n1. The molecule has 0 saturated carbocycles. The van der Waals surface area contributed by atoms with Gasteiger partial charge in [0.05, 0.1) is 0 Å². The average Bonchev–Trinajstić information content (AvgIpc) is 2.29. The summed E-state index contributed by atoms with van der Waals surface area (Å²) in [6.45, 7) is 5.95. The zero-order chi connectivity index (χ0) is 12.4. The fourth-order valence-corrected chi connectivity index (χ4v) is 1.79. The van der Waals surface area contributed by atoms with Crippen LogP contribution in [0, 0.1) is 6.92 Å². The standard InChI is InChI=1S/C14H16N2O/c1-10(2)12-7-5-9-16(14(12)17)13-8-4-6-11(3)15-13/h4-10H,1-3H3. The van der Waals surface area contributed by atoms with E-state index in [1.807, 2.05) is 51.1 Å². The molecule has 2 aromatic rings. The summed E-state index contributed by atoms with van der Waals surface area (Å²) in [7, 11) is 0. The zero-order valence-corrected chi connectivity index (χ0v) is 10.3. The second-order valence-corrected chi connectivity index (χ2v) is 4.43. The summed E-state index contributed by atoms with van der Waals surface area (Å²) < 4.78 is 1.60. The lowest BCUT2D eigenvalue weighted by Gasteiger charge is -2.09. The molecule has 2 rings (SSSR count). The first-order chi connectivity index (χ1) is 8.09. The Kier molecular flexibility index (Phi) is 3.09. The highest BCUT2D eigenvalue weighted by atomic mass is 16.1. The van der Waals surface area contributed by atoms with Gasteiger partial charge in [-0.2, -0.15) is 0 Å². The Morgan fingerprint density at radius 1 is 1.18 bits per heavy atom. The summed E-state index contributed by atoms with van der Waals surface area (Å²) in [5, 5.41) is 0. The second-order valence-electron chi connectivity index (χ2n) is 4.43. The van der Waals surface area contributed by atoms with Gasteiger partial charge in [-0.25, -0.2) is 4.98 Å². The van der Waals surface area contributed by atoms with Gasteiger partial charge >= 0.3 is 0 Å². The summed E-state index contributed by atoms with van der Waals surface area (Å²) in [6.07, 6.45) is 1.76. The third-order valence-electron chi connectivity index (χ3n) is 2.72. The molecular weight excluding hydrogens is 212 g/mol. The molecule has 0 radical (unpaired) electrons. The van der Waals surface area contributed by atoms with Crippen molar-refractivity contribution in [2.45, 2.75) is 26.7 Å². The summed E-state index contributed by atoms with van der Waals surface area (Å²) in [4.78, 5) is 16.6. The normalized spacial score (nSPS) is 10.8. The van der Waals surface area contributed by atoms with Gasteiger partial charge in [-0.15, -0.1) is 0 Å². The van der Waals surface area contributed by atoms with Crippen LogP contribution in [0.2, 0.25) is 0 Å². The number of hydrogen-bond donors (Lipinski definition) is 0. The Morgan fingerprint density at radius 3 is 2.59 bits per heavy atom. The highest BCUT2D eigenvalue weighted by molar-refractivity contribution is 5.27. The maximum Gasteiger partial charge on any atom is 0.259 e. The van der Waals surface area contributed by atoms with Crippen molar-refractivity contribution >= 4 is 0 Å². The van der Waals surface area contributed by atoms with Crippen molar-refractivity contribution in [3.05, 3.63) is 58.1 Å². The molecular formula is C14H16N2O. The van der Waals surface area contributed by atoms with Crippen LogP contribution >= 0.6 is 0 Å². The van der Waals surface area contributed by atoms with E-state index >= 15 is 0 Å². The monoisotopic (exact) mass is 228 g/mol. The van der Waals surface area contributed by atoms with E-state index < -0.39 is 0 Å². The van der Waals surface area contributed by atoms with E-state index in [1.54, 1.807) is 10.8 Å². The van der Waals surface area contributed by atoms with Crippen molar-refractivity contribution in [2.24, 2.45) is 0 Å². The van der Waals surface area contributed by atoms with Crippen molar-refractivity contribution in [1.29, 1.82) is 0 Å². The smallest absolute Gasteiger partial charge is 0.259 e. The van der Waals surface area contributed by atoms with Crippen molar-refractivity contribution in [3.8, 4) is 5.82 Å². The summed E-state index contributed by atoms with van der Waals surface area (Å²) in [6, 6.07) is 9.44. The quantitative estimate of drug-likeness (QED) is 0.792. The molecule has 0 fully saturated rings. The Bertz CT molecular complexity index is 585. The van der Waals surface area contributed by atoms with Crippen molar-refractivity contribution in [1.82, 2.24) is 9.55 Å². The van der Waals surface area contributed by atoms with Crippen LogP contribution in [0.25, 0.3) is 5.82 Å². The van der Waals surface area contributed by atoms with E-state index in [-0.39, 0.29) is 11.5 Å². The largest absolute Gasteiger partial charge is 0.269 e. The molecule has 3 nitrogen and oxygen atoms in total. The highest BCUT2D eigenvalue weighted by Crippen LogP contribution is 2.10. The Morgan fingerprint density at radius 2 is 1.94 bits per heavy atom. The number of pyridine rings is 2. The van der Waals surface area contributed by atoms with Crippen LogP contribution in [0.15, 0.2) is 41.3 Å². The van der Waals surface area contributed by atoms with E-state index in [4.69, 9.17) is 0 Å². The van der Waals surface area contributed by atoms with E-state index in [1.165, 1.54) is 0 Å². The number of hydrogen-bond acceptors (Lipinski definition) is 2. The minimum absolute atomic E-state index is 0.0144. The molecule has 0 spiro atoms. The van der Waals surface area contributed by atoms with Gasteiger partial charge in [0.1, 0.15) is 5.82 Å². The van der Waals surface area contributed by atoms with Crippen molar-refractivity contribution in [3.63, 3.8) is 0 Å². The predicted molar refractivity (Wildman–Crippen MR) is 68.7 cm³/mol. The minimum atomic E-state index is 0.0144. The summed E-state index contributed by atoms with van der Waals surface area (Å²) in [5.41, 5.74) is 1.74. The lowest BCUT2D eigenvalue weighted by molar-refractivity contribution is 0.811. The fraction of sp³-hybridized carbons (Fsp3) is 0.286. The molecule has 0 atom stereocenters. The molecule has 0 saturated heterocycles. The van der Waals surface area contributed by atoms with Crippen LogP contribution in [0.3, 0.4) is 0 Å².